The van der Waals surface area contributed by atoms with E-state index in [9.17, 15) is 4.39 Å². The van der Waals surface area contributed by atoms with E-state index in [4.69, 9.17) is 10.2 Å². The lowest BCUT2D eigenvalue weighted by Gasteiger charge is -2.13. The molecule has 0 radical (unpaired) electrons. The van der Waals surface area contributed by atoms with Gasteiger partial charge in [0.05, 0.1) is 0 Å². The summed E-state index contributed by atoms with van der Waals surface area (Å²) in [5.74, 6) is 1.18. The summed E-state index contributed by atoms with van der Waals surface area (Å²) in [6, 6.07) is 4.45. The summed E-state index contributed by atoms with van der Waals surface area (Å²) in [6.45, 7) is 0.664. The third-order valence-corrected chi connectivity index (χ3v) is 3.65. The van der Waals surface area contributed by atoms with Gasteiger partial charge in [0.15, 0.2) is 11.5 Å². The predicted molar refractivity (Wildman–Crippen MR) is 63.1 cm³/mol. The van der Waals surface area contributed by atoms with Crippen LogP contribution in [0.5, 0.6) is 0 Å². The van der Waals surface area contributed by atoms with E-state index in [1.807, 2.05) is 0 Å². The highest BCUT2D eigenvalue weighted by atomic mass is 19.1. The molecule has 1 aliphatic carbocycles. The summed E-state index contributed by atoms with van der Waals surface area (Å²) < 4.78 is 18.7. The number of rotatable bonds is 2. The Morgan fingerprint density at radius 1 is 1.41 bits per heavy atom. The number of halogens is 1. The number of nitrogens with two attached hydrogens (primary N) is 1. The van der Waals surface area contributed by atoms with Gasteiger partial charge >= 0.3 is 0 Å². The first-order valence-electron chi connectivity index (χ1n) is 6.04. The molecule has 2 atom stereocenters. The monoisotopic (exact) mass is 234 g/mol. The van der Waals surface area contributed by atoms with E-state index >= 15 is 0 Å². The normalized spacial score (nSPS) is 24.6. The van der Waals surface area contributed by atoms with Crippen molar-refractivity contribution in [3.05, 3.63) is 29.9 Å². The van der Waals surface area contributed by atoms with Crippen LogP contribution in [-0.2, 0) is 0 Å². The summed E-state index contributed by atoms with van der Waals surface area (Å²) in [4.78, 5) is 4.45. The molecule has 3 rings (SSSR count). The van der Waals surface area contributed by atoms with Crippen molar-refractivity contribution in [3.8, 4) is 0 Å². The van der Waals surface area contributed by atoms with Gasteiger partial charge in [-0.2, -0.15) is 0 Å². The van der Waals surface area contributed by atoms with E-state index in [-0.39, 0.29) is 5.82 Å². The summed E-state index contributed by atoms with van der Waals surface area (Å²) in [5, 5.41) is 0. The quantitative estimate of drug-likeness (QED) is 0.869. The van der Waals surface area contributed by atoms with E-state index in [0.29, 0.717) is 24.0 Å². The van der Waals surface area contributed by atoms with Gasteiger partial charge in [0.25, 0.3) is 0 Å². The van der Waals surface area contributed by atoms with Crippen LogP contribution >= 0.6 is 0 Å². The molecular weight excluding hydrogens is 219 g/mol. The fourth-order valence-corrected chi connectivity index (χ4v) is 2.72. The van der Waals surface area contributed by atoms with Gasteiger partial charge in [-0.3, -0.25) is 0 Å². The highest BCUT2D eigenvalue weighted by Crippen LogP contribution is 2.39. The van der Waals surface area contributed by atoms with Crippen LogP contribution in [0.4, 0.5) is 4.39 Å². The molecule has 17 heavy (non-hydrogen) atoms. The maximum atomic E-state index is 13.1. The number of hydrogen-bond donors (Lipinski definition) is 1. The predicted octanol–water partition coefficient (Wildman–Crippen LogP) is 2.81. The number of fused-ring (bicyclic) bond motifs is 1. The molecule has 0 bridgehead atoms. The Morgan fingerprint density at radius 2 is 2.29 bits per heavy atom. The van der Waals surface area contributed by atoms with Crippen LogP contribution in [0, 0.1) is 11.7 Å². The van der Waals surface area contributed by atoms with Gasteiger partial charge in [-0.1, -0.05) is 6.42 Å². The van der Waals surface area contributed by atoms with Crippen molar-refractivity contribution in [3.63, 3.8) is 0 Å². The van der Waals surface area contributed by atoms with Crippen LogP contribution in [0.25, 0.3) is 11.1 Å². The first kappa shape index (κ1) is 10.7. The fraction of sp³-hybridized carbons (Fsp3) is 0.462. The zero-order chi connectivity index (χ0) is 11.8. The van der Waals surface area contributed by atoms with Gasteiger partial charge in [0, 0.05) is 12.0 Å². The maximum absolute atomic E-state index is 13.1. The molecular formula is C13H15FN2O. The minimum atomic E-state index is -0.290. The van der Waals surface area contributed by atoms with Gasteiger partial charge < -0.3 is 10.2 Å². The Balaban J connectivity index is 2.00. The largest absolute Gasteiger partial charge is 0.440 e. The van der Waals surface area contributed by atoms with E-state index in [1.165, 1.54) is 18.6 Å². The number of hydrogen-bond acceptors (Lipinski definition) is 3. The Hall–Kier alpha value is -1.42. The average Bonchev–Trinajstić information content (AvgIpc) is 2.93. The minimum Gasteiger partial charge on any atom is -0.440 e. The highest BCUT2D eigenvalue weighted by Gasteiger charge is 2.31. The van der Waals surface area contributed by atoms with Crippen LogP contribution in [0.1, 0.15) is 31.1 Å². The first-order chi connectivity index (χ1) is 8.28. The molecule has 4 heteroatoms. The standard InChI is InChI=1S/C13H15FN2O/c14-9-4-5-11-12(6-9)17-13(16-11)10-3-1-2-8(10)7-15/h4-6,8,10H,1-3,7,15H2. The molecule has 2 unspecified atom stereocenters. The molecule has 1 saturated carbocycles. The minimum absolute atomic E-state index is 0.290. The maximum Gasteiger partial charge on any atom is 0.198 e. The molecule has 0 spiro atoms. The summed E-state index contributed by atoms with van der Waals surface area (Å²) in [7, 11) is 0. The molecule has 0 saturated heterocycles. The lowest BCUT2D eigenvalue weighted by atomic mass is 9.96. The lowest BCUT2D eigenvalue weighted by Crippen LogP contribution is -2.17. The smallest absolute Gasteiger partial charge is 0.198 e. The van der Waals surface area contributed by atoms with E-state index in [0.717, 1.165) is 24.2 Å². The molecule has 2 N–H and O–H groups in total. The molecule has 0 amide bonds. The first-order valence-corrected chi connectivity index (χ1v) is 6.04. The molecule has 1 aliphatic rings. The zero-order valence-corrected chi connectivity index (χ0v) is 9.53. The van der Waals surface area contributed by atoms with E-state index < -0.39 is 0 Å². The number of nitrogens with zero attached hydrogens (tertiary/aromatic N) is 1. The van der Waals surface area contributed by atoms with Crippen LogP contribution in [0.2, 0.25) is 0 Å². The van der Waals surface area contributed by atoms with Crippen LogP contribution < -0.4 is 5.73 Å². The number of benzene rings is 1. The van der Waals surface area contributed by atoms with Crippen LogP contribution in [0.15, 0.2) is 22.6 Å². The molecule has 1 aromatic carbocycles. The second kappa shape index (κ2) is 4.11. The average molecular weight is 234 g/mol. The van der Waals surface area contributed by atoms with Crippen molar-refractivity contribution in [2.45, 2.75) is 25.2 Å². The topological polar surface area (TPSA) is 52.0 Å². The van der Waals surface area contributed by atoms with Crippen molar-refractivity contribution in [2.24, 2.45) is 11.7 Å². The SMILES string of the molecule is NCC1CCCC1c1nc2ccc(F)cc2o1. The van der Waals surface area contributed by atoms with Crippen molar-refractivity contribution in [1.82, 2.24) is 4.98 Å². The molecule has 1 aromatic heterocycles. The van der Waals surface area contributed by atoms with Crippen molar-refractivity contribution in [2.75, 3.05) is 6.54 Å². The van der Waals surface area contributed by atoms with Crippen molar-refractivity contribution < 1.29 is 8.81 Å². The van der Waals surface area contributed by atoms with Gasteiger partial charge in [-0.25, -0.2) is 9.37 Å². The summed E-state index contributed by atoms with van der Waals surface area (Å²) in [5.41, 5.74) is 7.01. The Bertz CT molecular complexity index is 537. The molecule has 0 aliphatic heterocycles. The third-order valence-electron chi connectivity index (χ3n) is 3.65. The summed E-state index contributed by atoms with van der Waals surface area (Å²) in [6.07, 6.45) is 3.37. The zero-order valence-electron chi connectivity index (χ0n) is 9.53. The molecule has 1 fully saturated rings. The lowest BCUT2D eigenvalue weighted by molar-refractivity contribution is 0.401. The Labute approximate surface area is 98.8 Å². The molecule has 2 aromatic rings. The molecule has 3 nitrogen and oxygen atoms in total. The van der Waals surface area contributed by atoms with Gasteiger partial charge in [0.2, 0.25) is 0 Å². The highest BCUT2D eigenvalue weighted by molar-refractivity contribution is 5.72. The van der Waals surface area contributed by atoms with E-state index in [2.05, 4.69) is 4.98 Å². The van der Waals surface area contributed by atoms with Gasteiger partial charge in [0.1, 0.15) is 11.3 Å². The van der Waals surface area contributed by atoms with Gasteiger partial charge in [-0.15, -0.1) is 0 Å². The summed E-state index contributed by atoms with van der Waals surface area (Å²) >= 11 is 0. The fourth-order valence-electron chi connectivity index (χ4n) is 2.72. The van der Waals surface area contributed by atoms with Crippen molar-refractivity contribution >= 4 is 11.1 Å². The Morgan fingerprint density at radius 3 is 3.12 bits per heavy atom. The third kappa shape index (κ3) is 1.82. The molecule has 90 valence electrons. The number of aromatic nitrogens is 1. The second-order valence-corrected chi connectivity index (χ2v) is 4.70. The van der Waals surface area contributed by atoms with Crippen LogP contribution in [0.3, 0.4) is 0 Å². The van der Waals surface area contributed by atoms with E-state index in [1.54, 1.807) is 6.07 Å². The van der Waals surface area contributed by atoms with Crippen LogP contribution in [-0.4, -0.2) is 11.5 Å². The number of oxazole rings is 1. The second-order valence-electron chi connectivity index (χ2n) is 4.70. The molecule has 1 heterocycles. The Kier molecular flexibility index (Phi) is 2.59. The van der Waals surface area contributed by atoms with Crippen molar-refractivity contribution in [1.29, 1.82) is 0 Å². The van der Waals surface area contributed by atoms with Gasteiger partial charge in [-0.05, 0) is 37.4 Å².